The number of nitrogens with two attached hydrogens (primary N) is 1. The fourth-order valence-corrected chi connectivity index (χ4v) is 2.29. The first-order chi connectivity index (χ1) is 8.38. The van der Waals surface area contributed by atoms with E-state index in [0.717, 1.165) is 25.3 Å². The molecule has 4 nitrogen and oxygen atoms in total. The van der Waals surface area contributed by atoms with Crippen molar-refractivity contribution in [2.75, 3.05) is 6.54 Å². The van der Waals surface area contributed by atoms with Crippen LogP contribution in [0.5, 0.6) is 0 Å². The molecule has 1 atom stereocenters. The molecular formula is C14H31N3O. The van der Waals surface area contributed by atoms with E-state index in [0.29, 0.717) is 11.9 Å². The first-order valence-corrected chi connectivity index (χ1v) is 7.10. The molecule has 0 aromatic carbocycles. The number of hydrogen-bond acceptors (Lipinski definition) is 3. The highest BCUT2D eigenvalue weighted by Gasteiger charge is 2.23. The molecule has 0 saturated heterocycles. The van der Waals surface area contributed by atoms with E-state index < -0.39 is 0 Å². The van der Waals surface area contributed by atoms with E-state index in [4.69, 9.17) is 10.9 Å². The summed E-state index contributed by atoms with van der Waals surface area (Å²) >= 11 is 0. The molecule has 0 aliphatic heterocycles. The smallest absolute Gasteiger partial charge is 0.144 e. The molecule has 4 heteroatoms. The van der Waals surface area contributed by atoms with Gasteiger partial charge in [-0.15, -0.1) is 0 Å². The largest absolute Gasteiger partial charge is 0.409 e. The lowest BCUT2D eigenvalue weighted by Gasteiger charge is -2.25. The Hall–Kier alpha value is -0.770. The average molecular weight is 257 g/mol. The van der Waals surface area contributed by atoms with Crippen molar-refractivity contribution < 1.29 is 5.21 Å². The van der Waals surface area contributed by atoms with Gasteiger partial charge in [-0.25, -0.2) is 0 Å². The van der Waals surface area contributed by atoms with Gasteiger partial charge in [0.15, 0.2) is 0 Å². The molecule has 0 bridgehead atoms. The van der Waals surface area contributed by atoms with Gasteiger partial charge >= 0.3 is 0 Å². The van der Waals surface area contributed by atoms with Crippen LogP contribution in [0.1, 0.15) is 60.3 Å². The van der Waals surface area contributed by atoms with Crippen LogP contribution in [-0.2, 0) is 0 Å². The summed E-state index contributed by atoms with van der Waals surface area (Å²) in [7, 11) is 0. The standard InChI is InChI=1S/C14H31N3O/c1-6-12(7-2)11(3)16-10-8-9-14(4,5)13(15)17-18/h11-12,16,18H,6-10H2,1-5H3,(H2,15,17). The number of oxime groups is 1. The highest BCUT2D eigenvalue weighted by atomic mass is 16.4. The summed E-state index contributed by atoms with van der Waals surface area (Å²) < 4.78 is 0. The maximum absolute atomic E-state index is 8.70. The summed E-state index contributed by atoms with van der Waals surface area (Å²) in [5.41, 5.74) is 5.44. The lowest BCUT2D eigenvalue weighted by Crippen LogP contribution is -2.36. The van der Waals surface area contributed by atoms with Crippen LogP contribution in [0.4, 0.5) is 0 Å². The molecule has 0 rings (SSSR count). The summed E-state index contributed by atoms with van der Waals surface area (Å²) in [6.45, 7) is 11.7. The Kier molecular flexibility index (Phi) is 8.00. The maximum Gasteiger partial charge on any atom is 0.144 e. The molecule has 0 aromatic heterocycles. The normalized spacial score (nSPS) is 15.1. The highest BCUT2D eigenvalue weighted by molar-refractivity contribution is 5.85. The zero-order valence-electron chi connectivity index (χ0n) is 12.7. The SMILES string of the molecule is CCC(CC)C(C)NCCCC(C)(C)C(N)=NO. The van der Waals surface area contributed by atoms with E-state index in [1.54, 1.807) is 0 Å². The van der Waals surface area contributed by atoms with Crippen LogP contribution < -0.4 is 11.1 Å². The Morgan fingerprint density at radius 3 is 2.33 bits per heavy atom. The molecule has 0 aromatic rings. The summed E-state index contributed by atoms with van der Waals surface area (Å²) in [5, 5.41) is 15.4. The Labute approximate surface area is 112 Å². The molecule has 1 unspecified atom stereocenters. The Morgan fingerprint density at radius 1 is 1.33 bits per heavy atom. The summed E-state index contributed by atoms with van der Waals surface area (Å²) in [6.07, 6.45) is 4.40. The van der Waals surface area contributed by atoms with Crippen LogP contribution in [0.2, 0.25) is 0 Å². The Balaban J connectivity index is 3.93. The van der Waals surface area contributed by atoms with Crippen LogP contribution in [0.15, 0.2) is 5.16 Å². The van der Waals surface area contributed by atoms with Gasteiger partial charge in [0, 0.05) is 11.5 Å². The first-order valence-electron chi connectivity index (χ1n) is 7.10. The van der Waals surface area contributed by atoms with Crippen molar-refractivity contribution in [1.82, 2.24) is 5.32 Å². The molecule has 0 radical (unpaired) electrons. The Bertz CT molecular complexity index is 247. The van der Waals surface area contributed by atoms with Crippen molar-refractivity contribution in [3.8, 4) is 0 Å². The van der Waals surface area contributed by atoms with Crippen molar-refractivity contribution in [3.05, 3.63) is 0 Å². The molecule has 18 heavy (non-hydrogen) atoms. The van der Waals surface area contributed by atoms with E-state index in [2.05, 4.69) is 31.2 Å². The van der Waals surface area contributed by atoms with Crippen LogP contribution in [0.25, 0.3) is 0 Å². The Morgan fingerprint density at radius 2 is 1.89 bits per heavy atom. The third-order valence-corrected chi connectivity index (χ3v) is 4.00. The topological polar surface area (TPSA) is 70.6 Å². The molecule has 0 aliphatic rings. The number of amidine groups is 1. The fourth-order valence-electron chi connectivity index (χ4n) is 2.29. The molecule has 0 aliphatic carbocycles. The van der Waals surface area contributed by atoms with E-state index in [1.165, 1.54) is 12.8 Å². The summed E-state index contributed by atoms with van der Waals surface area (Å²) in [4.78, 5) is 0. The predicted molar refractivity (Wildman–Crippen MR) is 78.0 cm³/mol. The molecule has 4 N–H and O–H groups in total. The quantitative estimate of drug-likeness (QED) is 0.195. The second-order valence-corrected chi connectivity index (χ2v) is 5.79. The van der Waals surface area contributed by atoms with Gasteiger partial charge in [0.1, 0.15) is 5.84 Å². The minimum Gasteiger partial charge on any atom is -0.409 e. The van der Waals surface area contributed by atoms with E-state index in [9.17, 15) is 0 Å². The molecule has 0 saturated carbocycles. The molecule has 0 amide bonds. The van der Waals surface area contributed by atoms with Crippen molar-refractivity contribution in [2.45, 2.75) is 66.3 Å². The summed E-state index contributed by atoms with van der Waals surface area (Å²) in [5.74, 6) is 1.07. The van der Waals surface area contributed by atoms with Crippen LogP contribution in [-0.4, -0.2) is 23.6 Å². The number of nitrogens with zero attached hydrogens (tertiary/aromatic N) is 1. The summed E-state index contributed by atoms with van der Waals surface area (Å²) in [6, 6.07) is 0.562. The third-order valence-electron chi connectivity index (χ3n) is 4.00. The van der Waals surface area contributed by atoms with Crippen LogP contribution in [0.3, 0.4) is 0 Å². The minimum atomic E-state index is -0.228. The van der Waals surface area contributed by atoms with Gasteiger partial charge < -0.3 is 16.3 Å². The number of rotatable bonds is 9. The minimum absolute atomic E-state index is 0.228. The lowest BCUT2D eigenvalue weighted by atomic mass is 9.86. The molecule has 0 spiro atoms. The second-order valence-electron chi connectivity index (χ2n) is 5.79. The van der Waals surface area contributed by atoms with Gasteiger partial charge in [0.25, 0.3) is 0 Å². The van der Waals surface area contributed by atoms with Crippen molar-refractivity contribution in [2.24, 2.45) is 22.2 Å². The van der Waals surface area contributed by atoms with Gasteiger partial charge in [-0.1, -0.05) is 45.7 Å². The van der Waals surface area contributed by atoms with Gasteiger partial charge in [-0.2, -0.15) is 0 Å². The van der Waals surface area contributed by atoms with Crippen molar-refractivity contribution >= 4 is 5.84 Å². The number of hydrogen-bond donors (Lipinski definition) is 3. The van der Waals surface area contributed by atoms with Crippen LogP contribution in [0, 0.1) is 11.3 Å². The van der Waals surface area contributed by atoms with Crippen LogP contribution >= 0.6 is 0 Å². The van der Waals surface area contributed by atoms with E-state index in [-0.39, 0.29) is 5.41 Å². The first kappa shape index (κ1) is 17.2. The van der Waals surface area contributed by atoms with E-state index in [1.807, 2.05) is 13.8 Å². The van der Waals surface area contributed by atoms with Crippen molar-refractivity contribution in [3.63, 3.8) is 0 Å². The van der Waals surface area contributed by atoms with Gasteiger partial charge in [0.05, 0.1) is 0 Å². The zero-order valence-corrected chi connectivity index (χ0v) is 12.7. The molecular weight excluding hydrogens is 226 g/mol. The second kappa shape index (κ2) is 8.35. The van der Waals surface area contributed by atoms with Gasteiger partial charge in [0.2, 0.25) is 0 Å². The predicted octanol–water partition coefficient (Wildman–Crippen LogP) is 2.95. The lowest BCUT2D eigenvalue weighted by molar-refractivity contribution is 0.302. The molecule has 0 heterocycles. The fraction of sp³-hybridized carbons (Fsp3) is 0.929. The maximum atomic E-state index is 8.70. The third kappa shape index (κ3) is 5.71. The van der Waals surface area contributed by atoms with E-state index >= 15 is 0 Å². The van der Waals surface area contributed by atoms with Crippen molar-refractivity contribution in [1.29, 1.82) is 0 Å². The van der Waals surface area contributed by atoms with Gasteiger partial charge in [-0.3, -0.25) is 0 Å². The highest BCUT2D eigenvalue weighted by Crippen LogP contribution is 2.22. The monoisotopic (exact) mass is 257 g/mol. The van der Waals surface area contributed by atoms with Gasteiger partial charge in [-0.05, 0) is 32.2 Å². The molecule has 0 fully saturated rings. The average Bonchev–Trinajstić information content (AvgIpc) is 2.35. The zero-order chi connectivity index (χ0) is 14.2. The molecule has 108 valence electrons. The number of nitrogens with one attached hydrogen (secondary N) is 1.